The summed E-state index contributed by atoms with van der Waals surface area (Å²) in [6, 6.07) is 5.23. The molecule has 0 aliphatic carbocycles. The molecule has 0 radical (unpaired) electrons. The zero-order valence-corrected chi connectivity index (χ0v) is 17.0. The van der Waals surface area contributed by atoms with Crippen molar-refractivity contribution >= 4 is 28.6 Å². The van der Waals surface area contributed by atoms with E-state index in [2.05, 4.69) is 25.2 Å². The number of amides is 1. The van der Waals surface area contributed by atoms with Gasteiger partial charge in [-0.05, 0) is 17.5 Å². The Bertz CT molecular complexity index is 1280. The van der Waals surface area contributed by atoms with Crippen LogP contribution < -0.4 is 5.32 Å². The standard InChI is InChI=1S/C18H12F6N6O2S/c19-17(20,21)8-32-9-29-7-10(6-25-29)26-16(31)12-5-15-27-11(13-2-1-3-33-13)4-14(18(22,23)24)30(15)28-12/h1-7H,8-9H2,(H,26,31). The minimum Gasteiger partial charge on any atom is -0.350 e. The van der Waals surface area contributed by atoms with Crippen LogP contribution in [0.4, 0.5) is 32.0 Å². The van der Waals surface area contributed by atoms with Gasteiger partial charge in [0.1, 0.15) is 13.3 Å². The van der Waals surface area contributed by atoms with Crippen molar-refractivity contribution in [1.82, 2.24) is 24.4 Å². The molecule has 33 heavy (non-hydrogen) atoms. The second-order valence-electron chi connectivity index (χ2n) is 6.62. The average Bonchev–Trinajstić information content (AvgIpc) is 3.46. The van der Waals surface area contributed by atoms with Gasteiger partial charge in [0.15, 0.2) is 17.0 Å². The smallest absolute Gasteiger partial charge is 0.350 e. The van der Waals surface area contributed by atoms with Crippen LogP contribution in [0.3, 0.4) is 0 Å². The van der Waals surface area contributed by atoms with Gasteiger partial charge in [0.2, 0.25) is 0 Å². The lowest BCUT2D eigenvalue weighted by molar-refractivity contribution is -0.182. The Morgan fingerprint density at radius 1 is 1.18 bits per heavy atom. The van der Waals surface area contributed by atoms with Crippen LogP contribution in [0.25, 0.3) is 16.2 Å². The van der Waals surface area contributed by atoms with Crippen molar-refractivity contribution in [3.05, 3.63) is 53.4 Å². The number of ether oxygens (including phenoxy) is 1. The third-order valence-corrected chi connectivity index (χ3v) is 5.00. The van der Waals surface area contributed by atoms with Crippen molar-refractivity contribution in [3.8, 4) is 10.6 Å². The molecule has 0 saturated carbocycles. The lowest BCUT2D eigenvalue weighted by atomic mass is 10.2. The first-order valence-electron chi connectivity index (χ1n) is 9.00. The van der Waals surface area contributed by atoms with E-state index in [4.69, 9.17) is 0 Å². The lowest BCUT2D eigenvalue weighted by Gasteiger charge is -2.10. The highest BCUT2D eigenvalue weighted by atomic mass is 32.1. The van der Waals surface area contributed by atoms with Crippen molar-refractivity contribution in [2.24, 2.45) is 0 Å². The van der Waals surface area contributed by atoms with Gasteiger partial charge in [-0.2, -0.15) is 36.5 Å². The van der Waals surface area contributed by atoms with E-state index in [9.17, 15) is 31.1 Å². The molecule has 0 fully saturated rings. The van der Waals surface area contributed by atoms with Gasteiger partial charge in [-0.3, -0.25) is 4.79 Å². The SMILES string of the molecule is O=C(Nc1cnn(COCC(F)(F)F)c1)c1cc2nc(-c3cccs3)cc(C(F)(F)F)n2n1. The number of carbonyl (C=O) groups excluding carboxylic acids is 1. The van der Waals surface area contributed by atoms with E-state index in [-0.39, 0.29) is 22.7 Å². The van der Waals surface area contributed by atoms with Gasteiger partial charge in [0.05, 0.1) is 28.7 Å². The first kappa shape index (κ1) is 22.7. The number of fused-ring (bicyclic) bond motifs is 1. The lowest BCUT2D eigenvalue weighted by Crippen LogP contribution is -2.18. The molecule has 174 valence electrons. The van der Waals surface area contributed by atoms with Gasteiger partial charge < -0.3 is 10.1 Å². The quantitative estimate of drug-likeness (QED) is 0.404. The van der Waals surface area contributed by atoms with E-state index >= 15 is 0 Å². The topological polar surface area (TPSA) is 86.3 Å². The molecule has 4 heterocycles. The fraction of sp³-hybridized carbons (Fsp3) is 0.222. The number of nitrogens with one attached hydrogen (secondary N) is 1. The second-order valence-corrected chi connectivity index (χ2v) is 7.56. The van der Waals surface area contributed by atoms with Gasteiger partial charge in [-0.15, -0.1) is 11.3 Å². The largest absolute Gasteiger partial charge is 0.433 e. The van der Waals surface area contributed by atoms with Gasteiger partial charge in [-0.25, -0.2) is 14.2 Å². The number of hydrogen-bond donors (Lipinski definition) is 1. The Morgan fingerprint density at radius 3 is 2.64 bits per heavy atom. The molecule has 0 aromatic carbocycles. The molecule has 4 aromatic heterocycles. The summed E-state index contributed by atoms with van der Waals surface area (Å²) in [4.78, 5) is 17.2. The Hall–Kier alpha value is -3.46. The first-order chi connectivity index (χ1) is 15.5. The summed E-state index contributed by atoms with van der Waals surface area (Å²) in [6.07, 6.45) is -6.93. The molecule has 4 rings (SSSR count). The molecule has 0 aliphatic rings. The third-order valence-electron chi connectivity index (χ3n) is 4.10. The van der Waals surface area contributed by atoms with Crippen LogP contribution in [-0.4, -0.2) is 43.1 Å². The summed E-state index contributed by atoms with van der Waals surface area (Å²) < 4.78 is 83.1. The van der Waals surface area contributed by atoms with Crippen LogP contribution in [0.2, 0.25) is 0 Å². The van der Waals surface area contributed by atoms with E-state index in [0.717, 1.165) is 23.0 Å². The zero-order chi connectivity index (χ0) is 23.8. The summed E-state index contributed by atoms with van der Waals surface area (Å²) in [7, 11) is 0. The predicted molar refractivity (Wildman–Crippen MR) is 103 cm³/mol. The minimum absolute atomic E-state index is 0.0796. The normalized spacial score (nSPS) is 12.4. The molecule has 15 heteroatoms. The highest BCUT2D eigenvalue weighted by molar-refractivity contribution is 7.13. The maximum absolute atomic E-state index is 13.6. The first-order valence-corrected chi connectivity index (χ1v) is 9.88. The molecule has 0 aliphatic heterocycles. The highest BCUT2D eigenvalue weighted by Crippen LogP contribution is 2.33. The summed E-state index contributed by atoms with van der Waals surface area (Å²) in [5.41, 5.74) is -1.48. The van der Waals surface area contributed by atoms with E-state index in [1.807, 2.05) is 0 Å². The maximum Gasteiger partial charge on any atom is 0.433 e. The molecule has 4 aromatic rings. The third kappa shape index (κ3) is 5.31. The van der Waals surface area contributed by atoms with Crippen LogP contribution in [0.1, 0.15) is 16.2 Å². The molecular weight excluding hydrogens is 478 g/mol. The number of anilines is 1. The van der Waals surface area contributed by atoms with Gasteiger partial charge >= 0.3 is 12.4 Å². The molecule has 1 N–H and O–H groups in total. The number of hydrogen-bond acceptors (Lipinski definition) is 6. The summed E-state index contributed by atoms with van der Waals surface area (Å²) in [5.74, 6) is -0.859. The molecule has 8 nitrogen and oxygen atoms in total. The monoisotopic (exact) mass is 490 g/mol. The number of rotatable bonds is 6. The summed E-state index contributed by atoms with van der Waals surface area (Å²) in [6.45, 7) is -1.99. The molecule has 0 saturated heterocycles. The van der Waals surface area contributed by atoms with Gasteiger partial charge in [-0.1, -0.05) is 6.07 Å². The van der Waals surface area contributed by atoms with Crippen molar-refractivity contribution < 1.29 is 35.9 Å². The van der Waals surface area contributed by atoms with Crippen LogP contribution in [0.15, 0.2) is 42.0 Å². The number of thiophene rings is 1. The Labute approximate surface area is 184 Å². The van der Waals surface area contributed by atoms with Crippen molar-refractivity contribution in [3.63, 3.8) is 0 Å². The van der Waals surface area contributed by atoms with Crippen molar-refractivity contribution in [1.29, 1.82) is 0 Å². The zero-order valence-electron chi connectivity index (χ0n) is 16.2. The number of alkyl halides is 6. The van der Waals surface area contributed by atoms with Crippen molar-refractivity contribution in [2.45, 2.75) is 19.1 Å². The maximum atomic E-state index is 13.6. The second kappa shape index (κ2) is 8.47. The Morgan fingerprint density at radius 2 is 1.97 bits per heavy atom. The number of carbonyl (C=O) groups is 1. The molecule has 0 spiro atoms. The summed E-state index contributed by atoms with van der Waals surface area (Å²) >= 11 is 1.21. The molecule has 0 atom stereocenters. The van der Waals surface area contributed by atoms with Gasteiger partial charge in [0, 0.05) is 6.07 Å². The van der Waals surface area contributed by atoms with E-state index in [1.165, 1.54) is 17.5 Å². The Kier molecular flexibility index (Phi) is 5.84. The molecule has 1 amide bonds. The predicted octanol–water partition coefficient (Wildman–Crippen LogP) is 4.46. The van der Waals surface area contributed by atoms with Crippen molar-refractivity contribution in [2.75, 3.05) is 11.9 Å². The number of aromatic nitrogens is 5. The fourth-order valence-corrected chi connectivity index (χ4v) is 3.47. The molecule has 0 bridgehead atoms. The molecule has 0 unspecified atom stereocenters. The van der Waals surface area contributed by atoms with E-state index in [1.54, 1.807) is 17.5 Å². The highest BCUT2D eigenvalue weighted by Gasteiger charge is 2.36. The fourth-order valence-electron chi connectivity index (χ4n) is 2.79. The summed E-state index contributed by atoms with van der Waals surface area (Å²) in [5, 5.41) is 11.5. The van der Waals surface area contributed by atoms with Crippen LogP contribution >= 0.6 is 11.3 Å². The van der Waals surface area contributed by atoms with E-state index < -0.39 is 37.3 Å². The van der Waals surface area contributed by atoms with Gasteiger partial charge in [0.25, 0.3) is 5.91 Å². The number of halogens is 6. The van der Waals surface area contributed by atoms with E-state index in [0.29, 0.717) is 9.39 Å². The average molecular weight is 490 g/mol. The number of nitrogens with zero attached hydrogens (tertiary/aromatic N) is 5. The molecular formula is C18H12F6N6O2S. The minimum atomic E-state index is -4.76. The van der Waals surface area contributed by atoms with Crippen LogP contribution in [0, 0.1) is 0 Å². The van der Waals surface area contributed by atoms with Crippen LogP contribution in [-0.2, 0) is 17.6 Å². The Balaban J connectivity index is 1.56. The van der Waals surface area contributed by atoms with Crippen LogP contribution in [0.5, 0.6) is 0 Å².